The monoisotopic (exact) mass is 348 g/mol. The Kier molecular flexibility index (Phi) is 5.70. The van der Waals surface area contributed by atoms with Crippen LogP contribution in [0.1, 0.15) is 18.7 Å². The molecule has 2 fully saturated rings. The van der Waals surface area contributed by atoms with Crippen LogP contribution < -0.4 is 5.32 Å². The van der Waals surface area contributed by atoms with Crippen molar-refractivity contribution in [3.8, 4) is 0 Å². The minimum absolute atomic E-state index is 0.0502. The highest BCUT2D eigenvalue weighted by Gasteiger charge is 2.34. The lowest BCUT2D eigenvalue weighted by molar-refractivity contribution is -0.139. The van der Waals surface area contributed by atoms with E-state index < -0.39 is 0 Å². The average molecular weight is 348 g/mol. The first-order valence-electron chi connectivity index (χ1n) is 9.00. The molecule has 1 N–H and O–H groups in total. The second-order valence-electron chi connectivity index (χ2n) is 6.87. The van der Waals surface area contributed by atoms with Crippen molar-refractivity contribution in [2.45, 2.75) is 25.4 Å². The standard InChI is InChI=1S/C17H28N6O2/c1-18-17(25)14-4-3-6-23(14)16(24)13-22-10-8-21(9-11-22)12-15-19-5-7-20(15)2/h5,7,14H,3-4,6,8-13H2,1-2H3,(H,18,25). The second-order valence-corrected chi connectivity index (χ2v) is 6.87. The Balaban J connectivity index is 1.46. The number of likely N-dealkylation sites (N-methyl/N-ethyl adjacent to an activating group) is 1. The molecule has 1 unspecified atom stereocenters. The van der Waals surface area contributed by atoms with Gasteiger partial charge in [-0.1, -0.05) is 0 Å². The van der Waals surface area contributed by atoms with E-state index >= 15 is 0 Å². The summed E-state index contributed by atoms with van der Waals surface area (Å²) >= 11 is 0. The summed E-state index contributed by atoms with van der Waals surface area (Å²) in [5.41, 5.74) is 0. The molecule has 2 aliphatic rings. The summed E-state index contributed by atoms with van der Waals surface area (Å²) in [4.78, 5) is 35.2. The van der Waals surface area contributed by atoms with E-state index in [-0.39, 0.29) is 17.9 Å². The van der Waals surface area contributed by atoms with Gasteiger partial charge in [-0.15, -0.1) is 0 Å². The van der Waals surface area contributed by atoms with Gasteiger partial charge in [-0.25, -0.2) is 4.98 Å². The maximum absolute atomic E-state index is 12.6. The van der Waals surface area contributed by atoms with E-state index in [9.17, 15) is 9.59 Å². The zero-order chi connectivity index (χ0) is 17.8. The van der Waals surface area contributed by atoms with Crippen LogP contribution in [0.4, 0.5) is 0 Å². The first-order chi connectivity index (χ1) is 12.1. The minimum Gasteiger partial charge on any atom is -0.357 e. The third-order valence-corrected chi connectivity index (χ3v) is 5.23. The molecule has 2 saturated heterocycles. The molecule has 3 heterocycles. The number of aryl methyl sites for hydroxylation is 1. The van der Waals surface area contributed by atoms with Crippen LogP contribution in [0.25, 0.3) is 0 Å². The lowest BCUT2D eigenvalue weighted by atomic mass is 10.2. The summed E-state index contributed by atoms with van der Waals surface area (Å²) in [7, 11) is 3.64. The van der Waals surface area contributed by atoms with Crippen LogP contribution in [-0.4, -0.2) is 88.4 Å². The summed E-state index contributed by atoms with van der Waals surface area (Å²) in [6.07, 6.45) is 5.45. The smallest absolute Gasteiger partial charge is 0.242 e. The van der Waals surface area contributed by atoms with Gasteiger partial charge in [-0.3, -0.25) is 19.4 Å². The summed E-state index contributed by atoms with van der Waals surface area (Å²) in [6, 6.07) is -0.290. The number of hydrogen-bond donors (Lipinski definition) is 1. The summed E-state index contributed by atoms with van der Waals surface area (Å²) < 4.78 is 2.04. The lowest BCUT2D eigenvalue weighted by Gasteiger charge is -2.35. The number of piperazine rings is 1. The molecule has 3 rings (SSSR count). The Morgan fingerprint density at radius 3 is 2.56 bits per heavy atom. The molecule has 1 aromatic rings. The number of amides is 2. The fourth-order valence-corrected chi connectivity index (χ4v) is 3.64. The molecule has 0 spiro atoms. The predicted molar refractivity (Wildman–Crippen MR) is 93.7 cm³/mol. The molecule has 2 aliphatic heterocycles. The van der Waals surface area contributed by atoms with E-state index in [0.29, 0.717) is 13.1 Å². The van der Waals surface area contributed by atoms with Crippen molar-refractivity contribution in [1.29, 1.82) is 0 Å². The Morgan fingerprint density at radius 2 is 1.92 bits per heavy atom. The van der Waals surface area contributed by atoms with Crippen molar-refractivity contribution in [1.82, 2.24) is 29.6 Å². The number of carbonyl (C=O) groups is 2. The molecule has 0 aliphatic carbocycles. The van der Waals surface area contributed by atoms with Gasteiger partial charge >= 0.3 is 0 Å². The zero-order valence-corrected chi connectivity index (χ0v) is 15.1. The number of carbonyl (C=O) groups excluding carboxylic acids is 2. The fourth-order valence-electron chi connectivity index (χ4n) is 3.64. The van der Waals surface area contributed by atoms with Crippen molar-refractivity contribution in [3.05, 3.63) is 18.2 Å². The molecular formula is C17H28N6O2. The van der Waals surface area contributed by atoms with Crippen LogP contribution in [0.5, 0.6) is 0 Å². The highest BCUT2D eigenvalue weighted by Crippen LogP contribution is 2.18. The van der Waals surface area contributed by atoms with Gasteiger partial charge in [-0.05, 0) is 12.8 Å². The molecule has 0 bridgehead atoms. The normalized spacial score (nSPS) is 22.3. The Bertz CT molecular complexity index is 608. The molecule has 8 nitrogen and oxygen atoms in total. The molecule has 8 heteroatoms. The van der Waals surface area contributed by atoms with Gasteiger partial charge < -0.3 is 14.8 Å². The summed E-state index contributed by atoms with van der Waals surface area (Å²) in [5, 5.41) is 2.67. The van der Waals surface area contributed by atoms with Gasteiger partial charge in [0.05, 0.1) is 13.1 Å². The number of imidazole rings is 1. The third-order valence-electron chi connectivity index (χ3n) is 5.23. The predicted octanol–water partition coefficient (Wildman–Crippen LogP) is -0.725. The highest BCUT2D eigenvalue weighted by molar-refractivity contribution is 5.88. The number of aromatic nitrogens is 2. The Labute approximate surface area is 148 Å². The summed E-state index contributed by atoms with van der Waals surface area (Å²) in [5.74, 6) is 1.09. The van der Waals surface area contributed by atoms with Gasteiger partial charge in [0.2, 0.25) is 11.8 Å². The van der Waals surface area contributed by atoms with Crippen molar-refractivity contribution in [2.24, 2.45) is 7.05 Å². The van der Waals surface area contributed by atoms with E-state index in [1.807, 2.05) is 24.0 Å². The van der Waals surface area contributed by atoms with Crippen LogP contribution in [0.3, 0.4) is 0 Å². The van der Waals surface area contributed by atoms with Gasteiger partial charge in [0.25, 0.3) is 0 Å². The van der Waals surface area contributed by atoms with Crippen molar-refractivity contribution in [2.75, 3.05) is 46.3 Å². The van der Waals surface area contributed by atoms with E-state index in [0.717, 1.165) is 51.4 Å². The Hall–Kier alpha value is -1.93. The van der Waals surface area contributed by atoms with Gasteiger partial charge in [-0.2, -0.15) is 0 Å². The molecule has 25 heavy (non-hydrogen) atoms. The number of likely N-dealkylation sites (tertiary alicyclic amines) is 1. The van der Waals surface area contributed by atoms with E-state index in [4.69, 9.17) is 0 Å². The molecule has 0 radical (unpaired) electrons. The molecule has 0 saturated carbocycles. The van der Waals surface area contributed by atoms with E-state index in [1.54, 1.807) is 11.9 Å². The van der Waals surface area contributed by atoms with Crippen LogP contribution in [0.15, 0.2) is 12.4 Å². The molecule has 1 atom stereocenters. The first-order valence-corrected chi connectivity index (χ1v) is 9.00. The maximum atomic E-state index is 12.6. The average Bonchev–Trinajstić information content (AvgIpc) is 3.25. The van der Waals surface area contributed by atoms with Crippen molar-refractivity contribution >= 4 is 11.8 Å². The van der Waals surface area contributed by atoms with Crippen LogP contribution >= 0.6 is 0 Å². The second kappa shape index (κ2) is 7.97. The third kappa shape index (κ3) is 4.19. The van der Waals surface area contributed by atoms with Crippen LogP contribution in [0, 0.1) is 0 Å². The van der Waals surface area contributed by atoms with E-state index in [2.05, 4.69) is 20.1 Å². The quantitative estimate of drug-likeness (QED) is 0.760. The first kappa shape index (κ1) is 17.9. The van der Waals surface area contributed by atoms with Crippen molar-refractivity contribution in [3.63, 3.8) is 0 Å². The highest BCUT2D eigenvalue weighted by atomic mass is 16.2. The molecule has 2 amide bonds. The number of nitrogens with zero attached hydrogens (tertiary/aromatic N) is 5. The lowest BCUT2D eigenvalue weighted by Crippen LogP contribution is -2.52. The van der Waals surface area contributed by atoms with Gasteiger partial charge in [0, 0.05) is 59.2 Å². The number of rotatable bonds is 5. The topological polar surface area (TPSA) is 73.7 Å². The van der Waals surface area contributed by atoms with E-state index in [1.165, 1.54) is 0 Å². The summed E-state index contributed by atoms with van der Waals surface area (Å²) in [6.45, 7) is 5.54. The van der Waals surface area contributed by atoms with Crippen LogP contribution in [0.2, 0.25) is 0 Å². The van der Waals surface area contributed by atoms with Gasteiger partial charge in [0.15, 0.2) is 0 Å². The molecule has 1 aromatic heterocycles. The van der Waals surface area contributed by atoms with Gasteiger partial charge in [0.1, 0.15) is 11.9 Å². The fraction of sp³-hybridized carbons (Fsp3) is 0.706. The maximum Gasteiger partial charge on any atom is 0.242 e. The largest absolute Gasteiger partial charge is 0.357 e. The molecule has 0 aromatic carbocycles. The zero-order valence-electron chi connectivity index (χ0n) is 15.1. The Morgan fingerprint density at radius 1 is 1.20 bits per heavy atom. The SMILES string of the molecule is CNC(=O)C1CCCN1C(=O)CN1CCN(Cc2nccn2C)CC1. The van der Waals surface area contributed by atoms with Crippen LogP contribution in [-0.2, 0) is 23.2 Å². The number of nitrogens with one attached hydrogen (secondary N) is 1. The molecular weight excluding hydrogens is 320 g/mol. The molecule has 138 valence electrons. The van der Waals surface area contributed by atoms with Crippen molar-refractivity contribution < 1.29 is 9.59 Å². The minimum atomic E-state index is -0.290. The number of hydrogen-bond acceptors (Lipinski definition) is 5.